The summed E-state index contributed by atoms with van der Waals surface area (Å²) in [6, 6.07) is 0.284. The van der Waals surface area contributed by atoms with Crippen LogP contribution in [0.2, 0.25) is 0 Å². The molecule has 0 aliphatic heterocycles. The van der Waals surface area contributed by atoms with Gasteiger partial charge in [-0.05, 0) is 12.8 Å². The molecular weight excluding hydrogens is 168 g/mol. The van der Waals surface area contributed by atoms with Gasteiger partial charge in [-0.15, -0.1) is 0 Å². The van der Waals surface area contributed by atoms with Crippen LogP contribution in [0.3, 0.4) is 0 Å². The summed E-state index contributed by atoms with van der Waals surface area (Å²) in [5, 5.41) is 11.9. The van der Waals surface area contributed by atoms with Gasteiger partial charge in [-0.3, -0.25) is 4.79 Å². The average molecular weight is 188 g/mol. The van der Waals surface area contributed by atoms with E-state index in [4.69, 9.17) is 10.8 Å². The molecule has 0 saturated heterocycles. The first-order valence-corrected chi connectivity index (χ1v) is 4.75. The van der Waals surface area contributed by atoms with Crippen LogP contribution in [-0.2, 0) is 4.79 Å². The summed E-state index contributed by atoms with van der Waals surface area (Å²) in [5.41, 5.74) is 5.11. The molecule has 0 aromatic rings. The smallest absolute Gasteiger partial charge is 0.221 e. The van der Waals surface area contributed by atoms with Crippen molar-refractivity contribution in [1.82, 2.24) is 5.32 Å². The Morgan fingerprint density at radius 1 is 1.62 bits per heavy atom. The predicted octanol–water partition coefficient (Wildman–Crippen LogP) is -0.142. The van der Waals surface area contributed by atoms with Gasteiger partial charge in [0.2, 0.25) is 5.91 Å². The third-order valence-corrected chi connectivity index (χ3v) is 2.17. The molecule has 0 heterocycles. The van der Waals surface area contributed by atoms with Gasteiger partial charge in [0.15, 0.2) is 0 Å². The van der Waals surface area contributed by atoms with Crippen LogP contribution in [0.25, 0.3) is 0 Å². The molecule has 4 N–H and O–H groups in total. The Labute approximate surface area is 79.5 Å². The van der Waals surface area contributed by atoms with E-state index in [0.29, 0.717) is 6.54 Å². The van der Waals surface area contributed by atoms with E-state index >= 15 is 0 Å². The molecule has 0 aromatic carbocycles. The van der Waals surface area contributed by atoms with Crippen LogP contribution in [0.15, 0.2) is 0 Å². The van der Waals surface area contributed by atoms with E-state index in [0.717, 1.165) is 12.8 Å². The number of hydrogen-bond acceptors (Lipinski definition) is 3. The lowest BCUT2D eigenvalue weighted by atomic mass is 10.1. The summed E-state index contributed by atoms with van der Waals surface area (Å²) in [6.07, 6.45) is 1.67. The normalized spacial score (nSPS) is 15.3. The van der Waals surface area contributed by atoms with Crippen molar-refractivity contribution in [3.8, 4) is 0 Å². The van der Waals surface area contributed by atoms with Gasteiger partial charge in [0, 0.05) is 25.1 Å². The molecule has 0 aliphatic carbocycles. The number of aliphatic hydroxyl groups is 1. The van der Waals surface area contributed by atoms with Crippen molar-refractivity contribution in [1.29, 1.82) is 0 Å². The number of primary amides is 1. The monoisotopic (exact) mass is 188 g/mol. The lowest BCUT2D eigenvalue weighted by Gasteiger charge is -2.17. The van der Waals surface area contributed by atoms with Crippen molar-refractivity contribution in [2.45, 2.75) is 32.7 Å². The SMILES string of the molecule is CCC(CCO)NCC(C)C(N)=O. The average Bonchev–Trinajstić information content (AvgIpc) is 2.11. The minimum Gasteiger partial charge on any atom is -0.396 e. The van der Waals surface area contributed by atoms with E-state index in [1.807, 2.05) is 6.92 Å². The van der Waals surface area contributed by atoms with Crippen LogP contribution in [0, 0.1) is 5.92 Å². The van der Waals surface area contributed by atoms with E-state index in [-0.39, 0.29) is 24.5 Å². The van der Waals surface area contributed by atoms with Crippen LogP contribution >= 0.6 is 0 Å². The highest BCUT2D eigenvalue weighted by molar-refractivity contribution is 5.76. The third kappa shape index (κ3) is 5.60. The molecule has 2 unspecified atom stereocenters. The molecule has 2 atom stereocenters. The van der Waals surface area contributed by atoms with Crippen molar-refractivity contribution in [2.75, 3.05) is 13.2 Å². The Bertz CT molecular complexity index is 151. The number of nitrogens with one attached hydrogen (secondary N) is 1. The van der Waals surface area contributed by atoms with Crippen LogP contribution in [0.5, 0.6) is 0 Å². The first kappa shape index (κ1) is 12.4. The van der Waals surface area contributed by atoms with Gasteiger partial charge in [0.05, 0.1) is 0 Å². The highest BCUT2D eigenvalue weighted by Crippen LogP contribution is 1.98. The Morgan fingerprint density at radius 3 is 2.62 bits per heavy atom. The van der Waals surface area contributed by atoms with Crippen molar-refractivity contribution in [3.63, 3.8) is 0 Å². The summed E-state index contributed by atoms with van der Waals surface area (Å²) in [7, 11) is 0. The first-order valence-electron chi connectivity index (χ1n) is 4.75. The largest absolute Gasteiger partial charge is 0.396 e. The fraction of sp³-hybridized carbons (Fsp3) is 0.889. The molecule has 13 heavy (non-hydrogen) atoms. The Kier molecular flexibility index (Phi) is 6.54. The highest BCUT2D eigenvalue weighted by atomic mass is 16.3. The second-order valence-electron chi connectivity index (χ2n) is 3.33. The lowest BCUT2D eigenvalue weighted by molar-refractivity contribution is -0.121. The van der Waals surface area contributed by atoms with Crippen molar-refractivity contribution in [2.24, 2.45) is 11.7 Å². The van der Waals surface area contributed by atoms with Crippen LogP contribution in [0.1, 0.15) is 26.7 Å². The molecule has 4 nitrogen and oxygen atoms in total. The van der Waals surface area contributed by atoms with E-state index in [9.17, 15) is 4.79 Å². The predicted molar refractivity (Wildman–Crippen MR) is 52.1 cm³/mol. The molecule has 0 aromatic heterocycles. The molecular formula is C9H20N2O2. The van der Waals surface area contributed by atoms with Crippen LogP contribution < -0.4 is 11.1 Å². The fourth-order valence-electron chi connectivity index (χ4n) is 1.05. The number of rotatable bonds is 7. The van der Waals surface area contributed by atoms with E-state index in [2.05, 4.69) is 5.32 Å². The van der Waals surface area contributed by atoms with Gasteiger partial charge >= 0.3 is 0 Å². The Morgan fingerprint density at radius 2 is 2.23 bits per heavy atom. The van der Waals surface area contributed by atoms with Crippen molar-refractivity contribution in [3.05, 3.63) is 0 Å². The number of carbonyl (C=O) groups is 1. The summed E-state index contributed by atoms with van der Waals surface area (Å²) in [4.78, 5) is 10.7. The zero-order valence-corrected chi connectivity index (χ0v) is 8.42. The van der Waals surface area contributed by atoms with Gasteiger partial charge in [-0.1, -0.05) is 13.8 Å². The second-order valence-corrected chi connectivity index (χ2v) is 3.33. The molecule has 0 spiro atoms. The fourth-order valence-corrected chi connectivity index (χ4v) is 1.05. The quantitative estimate of drug-likeness (QED) is 0.520. The number of aliphatic hydroxyl groups excluding tert-OH is 1. The Balaban J connectivity index is 3.64. The van der Waals surface area contributed by atoms with Gasteiger partial charge < -0.3 is 16.2 Å². The highest BCUT2D eigenvalue weighted by Gasteiger charge is 2.11. The minimum absolute atomic E-state index is 0.146. The van der Waals surface area contributed by atoms with Crippen LogP contribution in [0.4, 0.5) is 0 Å². The maximum absolute atomic E-state index is 10.7. The van der Waals surface area contributed by atoms with Crippen molar-refractivity contribution < 1.29 is 9.90 Å². The second kappa shape index (κ2) is 6.86. The van der Waals surface area contributed by atoms with Gasteiger partial charge in [0.25, 0.3) is 0 Å². The molecule has 1 amide bonds. The van der Waals surface area contributed by atoms with Gasteiger partial charge in [-0.2, -0.15) is 0 Å². The lowest BCUT2D eigenvalue weighted by Crippen LogP contribution is -2.37. The molecule has 0 fully saturated rings. The van der Waals surface area contributed by atoms with E-state index < -0.39 is 0 Å². The maximum Gasteiger partial charge on any atom is 0.221 e. The number of amides is 1. The molecule has 0 saturated carbocycles. The molecule has 0 bridgehead atoms. The zero-order chi connectivity index (χ0) is 10.3. The third-order valence-electron chi connectivity index (χ3n) is 2.17. The number of carbonyl (C=O) groups excluding carboxylic acids is 1. The van der Waals surface area contributed by atoms with Crippen molar-refractivity contribution >= 4 is 5.91 Å². The standard InChI is InChI=1S/C9H20N2O2/c1-3-8(4-5-12)11-6-7(2)9(10)13/h7-8,11-12H,3-6H2,1-2H3,(H2,10,13). The molecule has 0 radical (unpaired) electrons. The van der Waals surface area contributed by atoms with Gasteiger partial charge in [-0.25, -0.2) is 0 Å². The molecule has 0 rings (SSSR count). The molecule has 4 heteroatoms. The summed E-state index contributed by atoms with van der Waals surface area (Å²) < 4.78 is 0. The molecule has 0 aliphatic rings. The zero-order valence-electron chi connectivity index (χ0n) is 8.42. The Hall–Kier alpha value is -0.610. The summed E-state index contributed by atoms with van der Waals surface area (Å²) in [5.74, 6) is -0.431. The van der Waals surface area contributed by atoms with Crippen LogP contribution in [-0.4, -0.2) is 30.2 Å². The van der Waals surface area contributed by atoms with E-state index in [1.165, 1.54) is 0 Å². The van der Waals surface area contributed by atoms with Gasteiger partial charge in [0.1, 0.15) is 0 Å². The summed E-state index contributed by atoms with van der Waals surface area (Å²) >= 11 is 0. The number of hydrogen-bond donors (Lipinski definition) is 3. The minimum atomic E-state index is -0.286. The summed E-state index contributed by atoms with van der Waals surface area (Å²) in [6.45, 7) is 4.60. The van der Waals surface area contributed by atoms with E-state index in [1.54, 1.807) is 6.92 Å². The number of nitrogens with two attached hydrogens (primary N) is 1. The topological polar surface area (TPSA) is 75.3 Å². The maximum atomic E-state index is 10.7. The first-order chi connectivity index (χ1) is 6.11. The molecule has 78 valence electrons.